The van der Waals surface area contributed by atoms with Gasteiger partial charge in [0.1, 0.15) is 11.5 Å². The number of aromatic nitrogens is 2. The molecule has 1 aromatic heterocycles. The summed E-state index contributed by atoms with van der Waals surface area (Å²) in [6.45, 7) is 1.34. The number of rotatable bonds is 2. The van der Waals surface area contributed by atoms with Gasteiger partial charge in [-0.25, -0.2) is 4.39 Å². The van der Waals surface area contributed by atoms with E-state index in [1.54, 1.807) is 23.1 Å². The highest BCUT2D eigenvalue weighted by molar-refractivity contribution is 5.93. The predicted octanol–water partition coefficient (Wildman–Crippen LogP) is 1.78. The van der Waals surface area contributed by atoms with Gasteiger partial charge in [-0.15, -0.1) is 0 Å². The number of hydrogen-bond donors (Lipinski definition) is 2. The minimum atomic E-state index is -0.296. The number of nitrogens with zero attached hydrogens (tertiary/aromatic N) is 2. The van der Waals surface area contributed by atoms with E-state index in [1.165, 1.54) is 12.1 Å². The van der Waals surface area contributed by atoms with Gasteiger partial charge < -0.3 is 10.6 Å². The minimum absolute atomic E-state index is 0.0669. The first-order valence-electron chi connectivity index (χ1n) is 6.99. The van der Waals surface area contributed by atoms with Gasteiger partial charge >= 0.3 is 0 Å². The van der Waals surface area contributed by atoms with Crippen molar-refractivity contribution in [3.63, 3.8) is 0 Å². The summed E-state index contributed by atoms with van der Waals surface area (Å²) < 4.78 is 12.9. The monoisotopic (exact) mass is 288 g/mol. The molecule has 110 valence electrons. The molecule has 6 heteroatoms. The Kier molecular flexibility index (Phi) is 3.70. The molecule has 5 nitrogen and oxygen atoms in total. The summed E-state index contributed by atoms with van der Waals surface area (Å²) >= 11 is 0. The fourth-order valence-electron chi connectivity index (χ4n) is 2.47. The Hall–Kier alpha value is -2.21. The zero-order valence-corrected chi connectivity index (χ0v) is 11.6. The molecule has 0 aliphatic carbocycles. The number of H-pyrrole nitrogens is 1. The molecule has 1 amide bonds. The van der Waals surface area contributed by atoms with Crippen LogP contribution in [0.15, 0.2) is 30.3 Å². The Morgan fingerprint density at radius 3 is 2.62 bits per heavy atom. The average Bonchev–Trinajstić information content (AvgIpc) is 2.98. The molecule has 1 aromatic carbocycles. The van der Waals surface area contributed by atoms with Gasteiger partial charge in [0.05, 0.1) is 5.69 Å². The Labute approximate surface area is 121 Å². The van der Waals surface area contributed by atoms with Crippen LogP contribution < -0.4 is 5.73 Å². The van der Waals surface area contributed by atoms with Crippen molar-refractivity contribution in [3.05, 3.63) is 41.8 Å². The van der Waals surface area contributed by atoms with Crippen LogP contribution in [-0.4, -0.2) is 40.1 Å². The molecule has 1 saturated heterocycles. The normalized spacial score (nSPS) is 16.2. The molecule has 1 fully saturated rings. The molecule has 3 N–H and O–H groups in total. The molecule has 0 bridgehead atoms. The maximum absolute atomic E-state index is 12.9. The van der Waals surface area contributed by atoms with E-state index in [0.717, 1.165) is 18.4 Å². The SMILES string of the molecule is NC1CCN(C(=O)c2cc(-c3ccc(F)cc3)n[nH]2)CC1. The molecule has 1 aliphatic rings. The number of hydrogen-bond acceptors (Lipinski definition) is 3. The van der Waals surface area contributed by atoms with E-state index in [2.05, 4.69) is 10.2 Å². The van der Waals surface area contributed by atoms with Crippen LogP contribution in [0.4, 0.5) is 4.39 Å². The first-order valence-corrected chi connectivity index (χ1v) is 6.99. The van der Waals surface area contributed by atoms with Gasteiger partial charge in [0, 0.05) is 24.7 Å². The number of amides is 1. The van der Waals surface area contributed by atoms with Crippen molar-refractivity contribution in [1.29, 1.82) is 0 Å². The second-order valence-electron chi connectivity index (χ2n) is 5.30. The number of carbonyl (C=O) groups excluding carboxylic acids is 1. The van der Waals surface area contributed by atoms with Gasteiger partial charge in [-0.3, -0.25) is 9.89 Å². The fraction of sp³-hybridized carbons (Fsp3) is 0.333. The van der Waals surface area contributed by atoms with E-state index in [0.29, 0.717) is 24.5 Å². The topological polar surface area (TPSA) is 75.0 Å². The molecule has 0 atom stereocenters. The molecule has 0 spiro atoms. The zero-order valence-electron chi connectivity index (χ0n) is 11.6. The Morgan fingerprint density at radius 2 is 1.95 bits per heavy atom. The van der Waals surface area contributed by atoms with E-state index in [1.807, 2.05) is 0 Å². The van der Waals surface area contributed by atoms with Crippen LogP contribution in [0.25, 0.3) is 11.3 Å². The molecular weight excluding hydrogens is 271 g/mol. The van der Waals surface area contributed by atoms with Gasteiger partial charge in [0.25, 0.3) is 5.91 Å². The number of nitrogens with one attached hydrogen (secondary N) is 1. The Bertz CT molecular complexity index is 629. The lowest BCUT2D eigenvalue weighted by Gasteiger charge is -2.29. The maximum Gasteiger partial charge on any atom is 0.271 e. The van der Waals surface area contributed by atoms with Crippen molar-refractivity contribution in [1.82, 2.24) is 15.1 Å². The number of nitrogens with two attached hydrogens (primary N) is 1. The van der Waals surface area contributed by atoms with Crippen LogP contribution in [-0.2, 0) is 0 Å². The van der Waals surface area contributed by atoms with Crippen molar-refractivity contribution < 1.29 is 9.18 Å². The third-order valence-electron chi connectivity index (χ3n) is 3.78. The maximum atomic E-state index is 12.9. The van der Waals surface area contributed by atoms with Crippen LogP contribution in [0, 0.1) is 5.82 Å². The van der Waals surface area contributed by atoms with Crippen LogP contribution in [0.2, 0.25) is 0 Å². The molecular formula is C15H17FN4O. The average molecular weight is 288 g/mol. The number of aromatic amines is 1. The lowest BCUT2D eigenvalue weighted by atomic mass is 10.1. The summed E-state index contributed by atoms with van der Waals surface area (Å²) in [4.78, 5) is 14.1. The molecule has 3 rings (SSSR count). The second-order valence-corrected chi connectivity index (χ2v) is 5.30. The first-order chi connectivity index (χ1) is 10.1. The van der Waals surface area contributed by atoms with Crippen molar-refractivity contribution in [2.24, 2.45) is 5.73 Å². The van der Waals surface area contributed by atoms with Crippen LogP contribution in [0.5, 0.6) is 0 Å². The molecule has 0 radical (unpaired) electrons. The third-order valence-corrected chi connectivity index (χ3v) is 3.78. The summed E-state index contributed by atoms with van der Waals surface area (Å²) in [6.07, 6.45) is 1.65. The summed E-state index contributed by atoms with van der Waals surface area (Å²) in [5.74, 6) is -0.363. The number of piperidine rings is 1. The van der Waals surface area contributed by atoms with E-state index in [9.17, 15) is 9.18 Å². The summed E-state index contributed by atoms with van der Waals surface area (Å²) in [6, 6.07) is 7.91. The van der Waals surface area contributed by atoms with Gasteiger partial charge in [-0.05, 0) is 43.2 Å². The van der Waals surface area contributed by atoms with Crippen LogP contribution >= 0.6 is 0 Å². The van der Waals surface area contributed by atoms with Crippen molar-refractivity contribution in [2.75, 3.05) is 13.1 Å². The molecule has 21 heavy (non-hydrogen) atoms. The molecule has 1 aliphatic heterocycles. The Balaban J connectivity index is 1.75. The smallest absolute Gasteiger partial charge is 0.271 e. The zero-order chi connectivity index (χ0) is 14.8. The summed E-state index contributed by atoms with van der Waals surface area (Å²) in [5, 5.41) is 6.89. The number of halogens is 1. The molecule has 0 saturated carbocycles. The highest BCUT2D eigenvalue weighted by atomic mass is 19.1. The van der Waals surface area contributed by atoms with Gasteiger partial charge in [-0.2, -0.15) is 5.10 Å². The van der Waals surface area contributed by atoms with Gasteiger partial charge in [0.2, 0.25) is 0 Å². The highest BCUT2D eigenvalue weighted by Gasteiger charge is 2.23. The number of benzene rings is 1. The van der Waals surface area contributed by atoms with Gasteiger partial charge in [-0.1, -0.05) is 0 Å². The minimum Gasteiger partial charge on any atom is -0.337 e. The van der Waals surface area contributed by atoms with Crippen molar-refractivity contribution in [2.45, 2.75) is 18.9 Å². The lowest BCUT2D eigenvalue weighted by Crippen LogP contribution is -2.42. The Morgan fingerprint density at radius 1 is 1.29 bits per heavy atom. The van der Waals surface area contributed by atoms with E-state index in [4.69, 9.17) is 5.73 Å². The second kappa shape index (κ2) is 5.65. The van der Waals surface area contributed by atoms with E-state index < -0.39 is 0 Å². The van der Waals surface area contributed by atoms with Crippen molar-refractivity contribution in [3.8, 4) is 11.3 Å². The lowest BCUT2D eigenvalue weighted by molar-refractivity contribution is 0.0709. The third kappa shape index (κ3) is 2.95. The standard InChI is InChI=1S/C15H17FN4O/c16-11-3-1-10(2-4-11)13-9-14(19-18-13)15(21)20-7-5-12(17)6-8-20/h1-4,9,12H,5-8,17H2,(H,18,19). The number of likely N-dealkylation sites (tertiary alicyclic amines) is 1. The molecule has 2 aromatic rings. The summed E-state index contributed by atoms with van der Waals surface area (Å²) in [7, 11) is 0. The molecule has 0 unspecified atom stereocenters. The largest absolute Gasteiger partial charge is 0.337 e. The van der Waals surface area contributed by atoms with E-state index >= 15 is 0 Å². The van der Waals surface area contributed by atoms with E-state index in [-0.39, 0.29) is 17.8 Å². The van der Waals surface area contributed by atoms with Crippen LogP contribution in [0.1, 0.15) is 23.3 Å². The first kappa shape index (κ1) is 13.8. The number of carbonyl (C=O) groups is 1. The molecule has 2 heterocycles. The van der Waals surface area contributed by atoms with Crippen LogP contribution in [0.3, 0.4) is 0 Å². The van der Waals surface area contributed by atoms with Gasteiger partial charge in [0.15, 0.2) is 0 Å². The predicted molar refractivity (Wildman–Crippen MR) is 77.1 cm³/mol. The fourth-order valence-corrected chi connectivity index (χ4v) is 2.47. The highest BCUT2D eigenvalue weighted by Crippen LogP contribution is 2.19. The summed E-state index contributed by atoms with van der Waals surface area (Å²) in [5.41, 5.74) is 7.69. The quantitative estimate of drug-likeness (QED) is 0.884. The van der Waals surface area contributed by atoms with Crippen molar-refractivity contribution >= 4 is 5.91 Å².